The fourth-order valence-electron chi connectivity index (χ4n) is 3.27. The molecule has 4 rings (SSSR count). The smallest absolute Gasteiger partial charge is 0.256 e. The van der Waals surface area contributed by atoms with Crippen LogP contribution in [0.2, 0.25) is 0 Å². The van der Waals surface area contributed by atoms with Gasteiger partial charge in [0, 0.05) is 31.5 Å². The molecule has 1 aliphatic heterocycles. The maximum Gasteiger partial charge on any atom is 0.256 e. The molecular formula is C20H19N3O3. The number of hydrogen-bond acceptors (Lipinski definition) is 4. The number of pyridine rings is 2. The highest BCUT2D eigenvalue weighted by Gasteiger charge is 2.28. The van der Waals surface area contributed by atoms with Gasteiger partial charge in [0.2, 0.25) is 5.56 Å². The van der Waals surface area contributed by atoms with Crippen molar-refractivity contribution >= 4 is 16.8 Å². The average molecular weight is 349 g/mol. The van der Waals surface area contributed by atoms with Gasteiger partial charge in [0.1, 0.15) is 0 Å². The molecule has 0 aliphatic carbocycles. The molecule has 1 aromatic carbocycles. The van der Waals surface area contributed by atoms with Gasteiger partial charge >= 0.3 is 0 Å². The molecule has 0 radical (unpaired) electrons. The van der Waals surface area contributed by atoms with Crippen LogP contribution in [-0.2, 0) is 11.3 Å². The van der Waals surface area contributed by atoms with Gasteiger partial charge in [0.15, 0.2) is 0 Å². The van der Waals surface area contributed by atoms with Crippen LogP contribution in [0.1, 0.15) is 22.3 Å². The van der Waals surface area contributed by atoms with Crippen molar-refractivity contribution in [1.29, 1.82) is 0 Å². The van der Waals surface area contributed by atoms with Crippen LogP contribution in [0.5, 0.6) is 0 Å². The van der Waals surface area contributed by atoms with Crippen molar-refractivity contribution in [1.82, 2.24) is 14.9 Å². The maximum atomic E-state index is 12.9. The van der Waals surface area contributed by atoms with Crippen molar-refractivity contribution in [3.8, 4) is 0 Å². The van der Waals surface area contributed by atoms with Crippen LogP contribution in [0, 0.1) is 0 Å². The first-order valence-electron chi connectivity index (χ1n) is 8.62. The Balaban J connectivity index is 1.46. The lowest BCUT2D eigenvalue weighted by atomic mass is 10.1. The standard InChI is InChI=1S/C20H19N3O3/c24-18-5-4-15-2-1-3-17(19(15)22-18)20(25)23-11-8-16(12-23)26-13-14-6-9-21-10-7-14/h1-7,9-10,16H,8,11-13H2,(H,22,24). The number of carbonyl (C=O) groups excluding carboxylic acids is 1. The predicted molar refractivity (Wildman–Crippen MR) is 97.9 cm³/mol. The number of carbonyl (C=O) groups is 1. The van der Waals surface area contributed by atoms with E-state index in [2.05, 4.69) is 9.97 Å². The van der Waals surface area contributed by atoms with Gasteiger partial charge in [-0.2, -0.15) is 0 Å². The molecule has 132 valence electrons. The van der Waals surface area contributed by atoms with Crippen LogP contribution in [0.25, 0.3) is 10.9 Å². The Morgan fingerprint density at radius 1 is 1.19 bits per heavy atom. The summed E-state index contributed by atoms with van der Waals surface area (Å²) in [5.41, 5.74) is 1.97. The minimum Gasteiger partial charge on any atom is -0.372 e. The number of likely N-dealkylation sites (tertiary alicyclic amines) is 1. The summed E-state index contributed by atoms with van der Waals surface area (Å²) in [5, 5.41) is 0.847. The van der Waals surface area contributed by atoms with E-state index < -0.39 is 0 Å². The van der Waals surface area contributed by atoms with Gasteiger partial charge < -0.3 is 14.6 Å². The van der Waals surface area contributed by atoms with E-state index in [0.29, 0.717) is 30.8 Å². The van der Waals surface area contributed by atoms with E-state index in [-0.39, 0.29) is 17.6 Å². The number of fused-ring (bicyclic) bond motifs is 1. The third kappa shape index (κ3) is 3.36. The summed E-state index contributed by atoms with van der Waals surface area (Å²) in [6.45, 7) is 1.71. The molecule has 3 heterocycles. The molecule has 1 fully saturated rings. The number of benzene rings is 1. The van der Waals surface area contributed by atoms with Crippen molar-refractivity contribution in [2.24, 2.45) is 0 Å². The first kappa shape index (κ1) is 16.5. The second-order valence-corrected chi connectivity index (χ2v) is 6.42. The van der Waals surface area contributed by atoms with Crippen LogP contribution in [0.3, 0.4) is 0 Å². The number of hydrogen-bond donors (Lipinski definition) is 1. The van der Waals surface area contributed by atoms with Crippen molar-refractivity contribution in [2.75, 3.05) is 13.1 Å². The molecule has 3 aromatic rings. The lowest BCUT2D eigenvalue weighted by Gasteiger charge is -2.18. The minimum atomic E-state index is -0.210. The average Bonchev–Trinajstić information content (AvgIpc) is 3.15. The number of rotatable bonds is 4. The highest BCUT2D eigenvalue weighted by atomic mass is 16.5. The van der Waals surface area contributed by atoms with Crippen molar-refractivity contribution in [3.05, 3.63) is 76.3 Å². The Bertz CT molecular complexity index is 984. The third-order valence-corrected chi connectivity index (χ3v) is 4.66. The summed E-state index contributed by atoms with van der Waals surface area (Å²) in [4.78, 5) is 33.1. The van der Waals surface area contributed by atoms with Crippen molar-refractivity contribution in [3.63, 3.8) is 0 Å². The van der Waals surface area contributed by atoms with Gasteiger partial charge in [0.05, 0.1) is 23.8 Å². The number of aromatic nitrogens is 2. The normalized spacial score (nSPS) is 16.9. The Hall–Kier alpha value is -2.99. The third-order valence-electron chi connectivity index (χ3n) is 4.66. The van der Waals surface area contributed by atoms with Gasteiger partial charge in [-0.25, -0.2) is 0 Å². The molecule has 2 aromatic heterocycles. The molecule has 0 saturated carbocycles. The Kier molecular flexibility index (Phi) is 4.50. The van der Waals surface area contributed by atoms with Crippen molar-refractivity contribution in [2.45, 2.75) is 19.1 Å². The number of nitrogens with zero attached hydrogens (tertiary/aromatic N) is 2. The number of ether oxygens (including phenoxy) is 1. The molecule has 0 spiro atoms. The van der Waals surface area contributed by atoms with Crippen molar-refractivity contribution < 1.29 is 9.53 Å². The maximum absolute atomic E-state index is 12.9. The fraction of sp³-hybridized carbons (Fsp3) is 0.250. The molecule has 6 heteroatoms. The van der Waals surface area contributed by atoms with E-state index in [0.717, 1.165) is 17.4 Å². The van der Waals surface area contributed by atoms with Gasteiger partial charge in [-0.15, -0.1) is 0 Å². The van der Waals surface area contributed by atoms with E-state index in [1.165, 1.54) is 6.07 Å². The highest BCUT2D eigenvalue weighted by molar-refractivity contribution is 6.05. The summed E-state index contributed by atoms with van der Waals surface area (Å²) in [6, 6.07) is 12.5. The molecule has 1 N–H and O–H groups in total. The van der Waals surface area contributed by atoms with Crippen LogP contribution < -0.4 is 5.56 Å². The Morgan fingerprint density at radius 2 is 2.04 bits per heavy atom. The van der Waals surface area contributed by atoms with E-state index in [1.807, 2.05) is 24.3 Å². The van der Waals surface area contributed by atoms with Crippen LogP contribution in [0.4, 0.5) is 0 Å². The largest absolute Gasteiger partial charge is 0.372 e. The Labute approximate surface area is 150 Å². The van der Waals surface area contributed by atoms with Gasteiger partial charge in [-0.05, 0) is 41.6 Å². The van der Waals surface area contributed by atoms with Gasteiger partial charge in [-0.1, -0.05) is 12.1 Å². The highest BCUT2D eigenvalue weighted by Crippen LogP contribution is 2.21. The summed E-state index contributed by atoms with van der Waals surface area (Å²) in [7, 11) is 0. The van der Waals surface area contributed by atoms with Gasteiger partial charge in [0.25, 0.3) is 5.91 Å². The van der Waals surface area contributed by atoms with E-state index >= 15 is 0 Å². The number of H-pyrrole nitrogens is 1. The lowest BCUT2D eigenvalue weighted by Crippen LogP contribution is -2.30. The summed E-state index contributed by atoms with van der Waals surface area (Å²) >= 11 is 0. The quantitative estimate of drug-likeness (QED) is 0.784. The van der Waals surface area contributed by atoms with Gasteiger partial charge in [-0.3, -0.25) is 14.6 Å². The zero-order chi connectivity index (χ0) is 17.9. The molecule has 0 bridgehead atoms. The number of aromatic amines is 1. The second kappa shape index (κ2) is 7.09. The Morgan fingerprint density at radius 3 is 2.88 bits per heavy atom. The predicted octanol–water partition coefficient (Wildman–Crippen LogP) is 2.35. The first-order valence-corrected chi connectivity index (χ1v) is 8.62. The molecule has 1 atom stereocenters. The molecular weight excluding hydrogens is 330 g/mol. The zero-order valence-corrected chi connectivity index (χ0v) is 14.2. The molecule has 1 amide bonds. The summed E-state index contributed by atoms with van der Waals surface area (Å²) < 4.78 is 5.93. The second-order valence-electron chi connectivity index (χ2n) is 6.42. The number of amides is 1. The van der Waals surface area contributed by atoms with E-state index in [4.69, 9.17) is 4.74 Å². The van der Waals surface area contributed by atoms with Crippen LogP contribution in [-0.4, -0.2) is 40.0 Å². The lowest BCUT2D eigenvalue weighted by molar-refractivity contribution is 0.0437. The molecule has 26 heavy (non-hydrogen) atoms. The van der Waals surface area contributed by atoms with Crippen LogP contribution >= 0.6 is 0 Å². The summed E-state index contributed by atoms with van der Waals surface area (Å²) in [6.07, 6.45) is 4.30. The SMILES string of the molecule is O=C(c1cccc2ccc(=O)[nH]c12)N1CCC(OCc2ccncc2)C1. The van der Waals surface area contributed by atoms with E-state index in [9.17, 15) is 9.59 Å². The molecule has 1 saturated heterocycles. The monoisotopic (exact) mass is 349 g/mol. The molecule has 1 unspecified atom stereocenters. The number of para-hydroxylation sites is 1. The number of nitrogens with one attached hydrogen (secondary N) is 1. The zero-order valence-electron chi connectivity index (χ0n) is 14.2. The molecule has 1 aliphatic rings. The molecule has 6 nitrogen and oxygen atoms in total. The van der Waals surface area contributed by atoms with E-state index in [1.54, 1.807) is 29.4 Å². The summed E-state index contributed by atoms with van der Waals surface area (Å²) in [5.74, 6) is -0.0764. The first-order chi connectivity index (χ1) is 12.7. The topological polar surface area (TPSA) is 75.3 Å². The minimum absolute atomic E-state index is 0.0149. The van der Waals surface area contributed by atoms with Crippen LogP contribution in [0.15, 0.2) is 59.7 Å². The fourth-order valence-corrected chi connectivity index (χ4v) is 3.27.